The second-order valence-electron chi connectivity index (χ2n) is 4.40. The van der Waals surface area contributed by atoms with E-state index in [1.165, 1.54) is 0 Å². The van der Waals surface area contributed by atoms with Gasteiger partial charge in [-0.15, -0.1) is 0 Å². The summed E-state index contributed by atoms with van der Waals surface area (Å²) in [5.41, 5.74) is 3.76. The van der Waals surface area contributed by atoms with Crippen molar-refractivity contribution >= 4 is 17.2 Å². The number of fused-ring (bicyclic) bond motifs is 1. The molecule has 0 aromatic heterocycles. The summed E-state index contributed by atoms with van der Waals surface area (Å²) in [6, 6.07) is 17.6. The highest BCUT2D eigenvalue weighted by Gasteiger charge is 2.32. The number of amides is 1. The van der Waals surface area contributed by atoms with Crippen molar-refractivity contribution in [3.63, 3.8) is 0 Å². The molecule has 0 saturated carbocycles. The maximum absolute atomic E-state index is 12.1. The Balaban J connectivity index is 2.03. The molecule has 1 atom stereocenters. The highest BCUT2D eigenvalue weighted by molar-refractivity contribution is 6.10. The average molecular weight is 235 g/mol. The number of para-hydroxylation sites is 1. The van der Waals surface area contributed by atoms with Crippen LogP contribution in [0.15, 0.2) is 61.2 Å². The second-order valence-corrected chi connectivity index (χ2v) is 4.40. The van der Waals surface area contributed by atoms with Gasteiger partial charge in [0.05, 0.1) is 5.92 Å². The maximum atomic E-state index is 12.1. The Morgan fingerprint density at radius 1 is 1.00 bits per heavy atom. The van der Waals surface area contributed by atoms with Gasteiger partial charge in [0.2, 0.25) is 5.91 Å². The fourth-order valence-electron chi connectivity index (χ4n) is 2.37. The van der Waals surface area contributed by atoms with E-state index in [0.29, 0.717) is 0 Å². The molecule has 0 spiro atoms. The molecule has 1 N–H and O–H groups in total. The SMILES string of the molecule is C=C(c1ccccc1)C1C(=O)Nc2ccccc21. The normalized spacial score (nSPS) is 17.1. The van der Waals surface area contributed by atoms with Crippen LogP contribution < -0.4 is 5.32 Å². The van der Waals surface area contributed by atoms with Gasteiger partial charge in [0.15, 0.2) is 0 Å². The quantitative estimate of drug-likeness (QED) is 0.848. The van der Waals surface area contributed by atoms with Gasteiger partial charge < -0.3 is 5.32 Å². The second kappa shape index (κ2) is 4.15. The first-order valence-corrected chi connectivity index (χ1v) is 5.91. The summed E-state index contributed by atoms with van der Waals surface area (Å²) in [4.78, 5) is 12.1. The predicted molar refractivity (Wildman–Crippen MR) is 73.3 cm³/mol. The molecule has 2 nitrogen and oxygen atoms in total. The lowest BCUT2D eigenvalue weighted by Crippen LogP contribution is -2.13. The van der Waals surface area contributed by atoms with E-state index in [1.54, 1.807) is 0 Å². The Kier molecular flexibility index (Phi) is 2.49. The summed E-state index contributed by atoms with van der Waals surface area (Å²) in [7, 11) is 0. The van der Waals surface area contributed by atoms with E-state index in [9.17, 15) is 4.79 Å². The standard InChI is InChI=1S/C16H13NO/c1-11(12-7-3-2-4-8-12)15-13-9-5-6-10-14(13)17-16(15)18/h2-10,15H,1H2,(H,17,18). The van der Waals surface area contributed by atoms with Crippen LogP contribution in [0.1, 0.15) is 17.0 Å². The Bertz CT molecular complexity index is 616. The van der Waals surface area contributed by atoms with Gasteiger partial charge in [-0.3, -0.25) is 4.79 Å². The molecule has 0 radical (unpaired) electrons. The van der Waals surface area contributed by atoms with Gasteiger partial charge in [-0.2, -0.15) is 0 Å². The smallest absolute Gasteiger partial charge is 0.236 e. The molecule has 18 heavy (non-hydrogen) atoms. The molecule has 1 amide bonds. The van der Waals surface area contributed by atoms with Crippen LogP contribution in [-0.4, -0.2) is 5.91 Å². The topological polar surface area (TPSA) is 29.1 Å². The number of rotatable bonds is 2. The predicted octanol–water partition coefficient (Wildman–Crippen LogP) is 3.44. The zero-order valence-electron chi connectivity index (χ0n) is 9.89. The number of carbonyl (C=O) groups excluding carboxylic acids is 1. The molecule has 2 heteroatoms. The zero-order valence-corrected chi connectivity index (χ0v) is 9.89. The highest BCUT2D eigenvalue weighted by atomic mass is 16.2. The minimum atomic E-state index is -0.274. The summed E-state index contributed by atoms with van der Waals surface area (Å²) in [5, 5.41) is 2.90. The molecular formula is C16H13NO. The van der Waals surface area contributed by atoms with Gasteiger partial charge in [-0.1, -0.05) is 55.1 Å². The minimum Gasteiger partial charge on any atom is -0.325 e. The van der Waals surface area contributed by atoms with Gasteiger partial charge in [0.1, 0.15) is 0 Å². The van der Waals surface area contributed by atoms with Crippen molar-refractivity contribution in [1.29, 1.82) is 0 Å². The fourth-order valence-corrected chi connectivity index (χ4v) is 2.37. The van der Waals surface area contributed by atoms with Crippen LogP contribution in [0.4, 0.5) is 5.69 Å². The molecular weight excluding hydrogens is 222 g/mol. The van der Waals surface area contributed by atoms with Crippen molar-refractivity contribution in [2.24, 2.45) is 0 Å². The molecule has 1 heterocycles. The van der Waals surface area contributed by atoms with Crippen LogP contribution >= 0.6 is 0 Å². The van der Waals surface area contributed by atoms with E-state index in [1.807, 2.05) is 54.6 Å². The summed E-state index contributed by atoms with van der Waals surface area (Å²) in [5.74, 6) is -0.270. The molecule has 88 valence electrons. The van der Waals surface area contributed by atoms with Crippen molar-refractivity contribution in [2.45, 2.75) is 5.92 Å². The first-order chi connectivity index (χ1) is 8.77. The van der Waals surface area contributed by atoms with Gasteiger partial charge in [-0.25, -0.2) is 0 Å². The third kappa shape index (κ3) is 1.63. The maximum Gasteiger partial charge on any atom is 0.236 e. The Morgan fingerprint density at radius 2 is 1.67 bits per heavy atom. The lowest BCUT2D eigenvalue weighted by Gasteiger charge is -2.12. The van der Waals surface area contributed by atoms with Gasteiger partial charge >= 0.3 is 0 Å². The molecule has 2 aromatic carbocycles. The molecule has 1 aliphatic heterocycles. The number of anilines is 1. The highest BCUT2D eigenvalue weighted by Crippen LogP contribution is 2.40. The van der Waals surface area contributed by atoms with E-state index in [4.69, 9.17) is 0 Å². The van der Waals surface area contributed by atoms with E-state index < -0.39 is 0 Å². The number of hydrogen-bond acceptors (Lipinski definition) is 1. The zero-order chi connectivity index (χ0) is 12.5. The van der Waals surface area contributed by atoms with Crippen molar-refractivity contribution in [3.8, 4) is 0 Å². The van der Waals surface area contributed by atoms with Crippen molar-refractivity contribution in [2.75, 3.05) is 5.32 Å². The van der Waals surface area contributed by atoms with Crippen molar-refractivity contribution < 1.29 is 4.79 Å². The molecule has 0 bridgehead atoms. The molecule has 3 rings (SSSR count). The van der Waals surface area contributed by atoms with Crippen LogP contribution in [0.2, 0.25) is 0 Å². The molecule has 1 unspecified atom stereocenters. The lowest BCUT2D eigenvalue weighted by atomic mass is 9.89. The van der Waals surface area contributed by atoms with E-state index in [-0.39, 0.29) is 11.8 Å². The molecule has 0 fully saturated rings. The first-order valence-electron chi connectivity index (χ1n) is 5.91. The molecule has 0 saturated heterocycles. The third-order valence-electron chi connectivity index (χ3n) is 3.28. The van der Waals surface area contributed by atoms with Crippen LogP contribution in [0.3, 0.4) is 0 Å². The Labute approximate surface area is 106 Å². The fraction of sp³-hybridized carbons (Fsp3) is 0.0625. The third-order valence-corrected chi connectivity index (χ3v) is 3.28. The monoisotopic (exact) mass is 235 g/mol. The molecule has 0 aliphatic carbocycles. The van der Waals surface area contributed by atoms with Crippen molar-refractivity contribution in [3.05, 3.63) is 72.3 Å². The Hall–Kier alpha value is -2.35. The summed E-state index contributed by atoms with van der Waals surface area (Å²) < 4.78 is 0. The van der Waals surface area contributed by atoms with Gasteiger partial charge in [0, 0.05) is 5.69 Å². The molecule has 1 aliphatic rings. The van der Waals surface area contributed by atoms with E-state index in [2.05, 4.69) is 11.9 Å². The Morgan fingerprint density at radius 3 is 2.44 bits per heavy atom. The summed E-state index contributed by atoms with van der Waals surface area (Å²) >= 11 is 0. The number of nitrogens with one attached hydrogen (secondary N) is 1. The van der Waals surface area contributed by atoms with Crippen LogP contribution in [0.25, 0.3) is 5.57 Å². The van der Waals surface area contributed by atoms with E-state index >= 15 is 0 Å². The number of hydrogen-bond donors (Lipinski definition) is 1. The van der Waals surface area contributed by atoms with Crippen LogP contribution in [0.5, 0.6) is 0 Å². The molecule has 2 aromatic rings. The van der Waals surface area contributed by atoms with E-state index in [0.717, 1.165) is 22.4 Å². The minimum absolute atomic E-state index is 0.00468. The average Bonchev–Trinajstić information content (AvgIpc) is 2.75. The summed E-state index contributed by atoms with van der Waals surface area (Å²) in [6.07, 6.45) is 0. The van der Waals surface area contributed by atoms with Gasteiger partial charge in [0.25, 0.3) is 0 Å². The van der Waals surface area contributed by atoms with Crippen LogP contribution in [0, 0.1) is 0 Å². The number of benzene rings is 2. The first kappa shape index (κ1) is 10.8. The lowest BCUT2D eigenvalue weighted by molar-refractivity contribution is -0.115. The van der Waals surface area contributed by atoms with Crippen molar-refractivity contribution in [1.82, 2.24) is 0 Å². The van der Waals surface area contributed by atoms with Crippen LogP contribution in [-0.2, 0) is 4.79 Å². The van der Waals surface area contributed by atoms with Gasteiger partial charge in [-0.05, 0) is 22.8 Å². The largest absolute Gasteiger partial charge is 0.325 e. The number of carbonyl (C=O) groups is 1. The summed E-state index contributed by atoms with van der Waals surface area (Å²) in [6.45, 7) is 4.10.